The topological polar surface area (TPSA) is 140 Å². The zero-order valence-electron chi connectivity index (χ0n) is 22.1. The lowest BCUT2D eigenvalue weighted by Gasteiger charge is -2.19. The standard InChI is InChI=1S/C31H30N4O5/c1-21(25-10-4-3-5-11-25)32-20-28(37)33-27-18-14-24(15-19-27)9-7-6-8-23-12-16-26(17-13-23)30(38)34-29(22(2)36)31(39)35-40/h3-5,10-19,21-22,29,32,36,40H,20H2,1-2H3,(H,33,37)(H,34,38)(H,35,39)/t21-,22-,29+/m1/s1. The van der Waals surface area contributed by atoms with Crippen LogP contribution < -0.4 is 21.4 Å². The number of aliphatic hydroxyl groups excluding tert-OH is 1. The molecular weight excluding hydrogens is 508 g/mol. The minimum atomic E-state index is -1.30. The van der Waals surface area contributed by atoms with Gasteiger partial charge in [-0.1, -0.05) is 42.2 Å². The number of rotatable bonds is 9. The maximum Gasteiger partial charge on any atom is 0.268 e. The van der Waals surface area contributed by atoms with Gasteiger partial charge in [-0.15, -0.1) is 0 Å². The van der Waals surface area contributed by atoms with Gasteiger partial charge in [0.25, 0.3) is 11.8 Å². The number of aliphatic hydroxyl groups is 1. The molecule has 0 fully saturated rings. The summed E-state index contributed by atoms with van der Waals surface area (Å²) in [5.41, 5.74) is 4.79. The van der Waals surface area contributed by atoms with Crippen molar-refractivity contribution in [2.45, 2.75) is 32.0 Å². The van der Waals surface area contributed by atoms with Crippen LogP contribution in [0.1, 0.15) is 46.9 Å². The Kier molecular flexibility index (Phi) is 11.0. The maximum absolute atomic E-state index is 12.3. The maximum atomic E-state index is 12.3. The SMILES string of the molecule is C[C@@H](NCC(=O)Nc1ccc(C#CC#Cc2ccc(C(=O)N[C@H](C(=O)NO)[C@@H](C)O)cc2)cc1)c1ccccc1. The van der Waals surface area contributed by atoms with E-state index in [4.69, 9.17) is 5.21 Å². The Morgan fingerprint density at radius 1 is 0.825 bits per heavy atom. The molecule has 0 aliphatic rings. The summed E-state index contributed by atoms with van der Waals surface area (Å²) in [5, 5.41) is 26.8. The Morgan fingerprint density at radius 2 is 1.40 bits per heavy atom. The summed E-state index contributed by atoms with van der Waals surface area (Å²) in [7, 11) is 0. The van der Waals surface area contributed by atoms with E-state index in [1.807, 2.05) is 37.3 Å². The summed E-state index contributed by atoms with van der Waals surface area (Å²) in [6.07, 6.45) is -1.20. The first-order valence-electron chi connectivity index (χ1n) is 12.5. The molecule has 3 amide bonds. The van der Waals surface area contributed by atoms with Crippen LogP contribution in [0.5, 0.6) is 0 Å². The summed E-state index contributed by atoms with van der Waals surface area (Å²) in [6.45, 7) is 3.51. The molecule has 0 aliphatic heterocycles. The first-order chi connectivity index (χ1) is 19.3. The van der Waals surface area contributed by atoms with Crippen molar-refractivity contribution in [2.75, 3.05) is 11.9 Å². The number of hydroxylamine groups is 1. The van der Waals surface area contributed by atoms with Crippen molar-refractivity contribution in [1.29, 1.82) is 0 Å². The lowest BCUT2D eigenvalue weighted by atomic mass is 10.1. The Labute approximate surface area is 233 Å². The Morgan fingerprint density at radius 3 is 1.95 bits per heavy atom. The fraction of sp³-hybridized carbons (Fsp3) is 0.194. The Balaban J connectivity index is 1.49. The molecule has 0 bridgehead atoms. The van der Waals surface area contributed by atoms with E-state index in [9.17, 15) is 19.5 Å². The van der Waals surface area contributed by atoms with Crippen LogP contribution in [0.4, 0.5) is 5.69 Å². The molecule has 0 radical (unpaired) electrons. The van der Waals surface area contributed by atoms with Crippen LogP contribution in [0.15, 0.2) is 78.9 Å². The van der Waals surface area contributed by atoms with Crippen molar-refractivity contribution >= 4 is 23.4 Å². The molecule has 0 saturated carbocycles. The van der Waals surface area contributed by atoms with E-state index in [1.165, 1.54) is 24.5 Å². The van der Waals surface area contributed by atoms with Crippen LogP contribution in [-0.4, -0.2) is 46.7 Å². The molecule has 204 valence electrons. The molecule has 6 N–H and O–H groups in total. The predicted molar refractivity (Wildman–Crippen MR) is 151 cm³/mol. The molecule has 0 aliphatic carbocycles. The highest BCUT2D eigenvalue weighted by molar-refractivity contribution is 5.97. The number of amides is 3. The molecule has 3 aromatic carbocycles. The molecular formula is C31H30N4O5. The minimum absolute atomic E-state index is 0.0544. The molecule has 0 saturated heterocycles. The molecule has 0 heterocycles. The second-order valence-corrected chi connectivity index (χ2v) is 8.88. The van der Waals surface area contributed by atoms with E-state index < -0.39 is 24.0 Å². The Hall–Kier alpha value is -4.93. The van der Waals surface area contributed by atoms with E-state index >= 15 is 0 Å². The fourth-order valence-electron chi connectivity index (χ4n) is 3.56. The van der Waals surface area contributed by atoms with Crippen molar-refractivity contribution in [2.24, 2.45) is 0 Å². The van der Waals surface area contributed by atoms with Gasteiger partial charge >= 0.3 is 0 Å². The summed E-state index contributed by atoms with van der Waals surface area (Å²) in [5.74, 6) is 9.68. The average Bonchev–Trinajstić information content (AvgIpc) is 2.97. The van der Waals surface area contributed by atoms with Crippen LogP contribution in [-0.2, 0) is 9.59 Å². The average molecular weight is 539 g/mol. The van der Waals surface area contributed by atoms with Gasteiger partial charge in [-0.25, -0.2) is 5.48 Å². The van der Waals surface area contributed by atoms with Gasteiger partial charge in [0.1, 0.15) is 6.04 Å². The lowest BCUT2D eigenvalue weighted by molar-refractivity contribution is -0.133. The highest BCUT2D eigenvalue weighted by Gasteiger charge is 2.25. The fourth-order valence-corrected chi connectivity index (χ4v) is 3.56. The Bertz CT molecular complexity index is 1430. The molecule has 3 rings (SSSR count). The zero-order valence-corrected chi connectivity index (χ0v) is 22.1. The van der Waals surface area contributed by atoms with Gasteiger partial charge in [0, 0.05) is 28.4 Å². The third kappa shape index (κ3) is 9.12. The highest BCUT2D eigenvalue weighted by atomic mass is 16.5. The third-order valence-corrected chi connectivity index (χ3v) is 5.82. The van der Waals surface area contributed by atoms with E-state index in [-0.39, 0.29) is 24.1 Å². The zero-order chi connectivity index (χ0) is 28.9. The number of hydrogen-bond acceptors (Lipinski definition) is 6. The lowest BCUT2D eigenvalue weighted by Crippen LogP contribution is -2.51. The van der Waals surface area contributed by atoms with Gasteiger partial charge in [-0.3, -0.25) is 19.6 Å². The molecule has 40 heavy (non-hydrogen) atoms. The van der Waals surface area contributed by atoms with Gasteiger partial charge in [0.05, 0.1) is 12.6 Å². The predicted octanol–water partition coefficient (Wildman–Crippen LogP) is 2.36. The van der Waals surface area contributed by atoms with Gasteiger partial charge < -0.3 is 21.1 Å². The van der Waals surface area contributed by atoms with E-state index in [2.05, 4.69) is 39.6 Å². The largest absolute Gasteiger partial charge is 0.391 e. The van der Waals surface area contributed by atoms with E-state index in [0.717, 1.165) is 11.1 Å². The molecule has 3 atom stereocenters. The van der Waals surface area contributed by atoms with Gasteiger partial charge in [0.2, 0.25) is 5.91 Å². The van der Waals surface area contributed by atoms with Crippen molar-refractivity contribution in [3.63, 3.8) is 0 Å². The normalized spacial score (nSPS) is 12.3. The molecule has 0 unspecified atom stereocenters. The molecule has 3 aromatic rings. The summed E-state index contributed by atoms with van der Waals surface area (Å²) in [4.78, 5) is 36.2. The minimum Gasteiger partial charge on any atom is -0.391 e. The van der Waals surface area contributed by atoms with Gasteiger partial charge in [-0.05, 0) is 79.8 Å². The third-order valence-electron chi connectivity index (χ3n) is 5.82. The number of benzene rings is 3. The monoisotopic (exact) mass is 538 g/mol. The van der Waals surface area contributed by atoms with Crippen molar-refractivity contribution in [1.82, 2.24) is 16.1 Å². The first kappa shape index (κ1) is 29.6. The second-order valence-electron chi connectivity index (χ2n) is 8.88. The summed E-state index contributed by atoms with van der Waals surface area (Å²) < 4.78 is 0. The van der Waals surface area contributed by atoms with Crippen LogP contribution in [0.25, 0.3) is 0 Å². The van der Waals surface area contributed by atoms with Crippen molar-refractivity contribution < 1.29 is 24.7 Å². The van der Waals surface area contributed by atoms with Crippen LogP contribution in [0.2, 0.25) is 0 Å². The van der Waals surface area contributed by atoms with Gasteiger partial charge in [0.15, 0.2) is 0 Å². The number of anilines is 1. The van der Waals surface area contributed by atoms with Crippen molar-refractivity contribution in [3.8, 4) is 23.7 Å². The highest BCUT2D eigenvalue weighted by Crippen LogP contribution is 2.12. The molecule has 9 heteroatoms. The van der Waals surface area contributed by atoms with E-state index in [0.29, 0.717) is 11.3 Å². The summed E-state index contributed by atoms with van der Waals surface area (Å²) >= 11 is 0. The smallest absolute Gasteiger partial charge is 0.268 e. The quantitative estimate of drug-likeness (QED) is 0.140. The molecule has 0 aromatic heterocycles. The molecule has 0 spiro atoms. The van der Waals surface area contributed by atoms with Crippen molar-refractivity contribution in [3.05, 3.63) is 101 Å². The number of nitrogens with one attached hydrogen (secondary N) is 4. The molecule has 9 nitrogen and oxygen atoms in total. The van der Waals surface area contributed by atoms with Crippen LogP contribution in [0, 0.1) is 23.7 Å². The number of carbonyl (C=O) groups excluding carboxylic acids is 3. The van der Waals surface area contributed by atoms with Crippen LogP contribution in [0.3, 0.4) is 0 Å². The second kappa shape index (κ2) is 14.9. The summed E-state index contributed by atoms with van der Waals surface area (Å²) in [6, 6.07) is 22.1. The number of hydrogen-bond donors (Lipinski definition) is 6. The number of carbonyl (C=O) groups is 3. The van der Waals surface area contributed by atoms with Gasteiger partial charge in [-0.2, -0.15) is 0 Å². The first-order valence-corrected chi connectivity index (χ1v) is 12.5. The van der Waals surface area contributed by atoms with E-state index in [1.54, 1.807) is 36.4 Å². The van der Waals surface area contributed by atoms with Crippen LogP contribution >= 0.6 is 0 Å².